The van der Waals surface area contributed by atoms with Gasteiger partial charge in [-0.25, -0.2) is 0 Å². The summed E-state index contributed by atoms with van der Waals surface area (Å²) in [4.78, 5) is 1.28. The summed E-state index contributed by atoms with van der Waals surface area (Å²) in [6, 6.07) is 18.6. The van der Waals surface area contributed by atoms with E-state index >= 15 is 0 Å². The van der Waals surface area contributed by atoms with Crippen LogP contribution in [0.5, 0.6) is 0 Å². The summed E-state index contributed by atoms with van der Waals surface area (Å²) in [5, 5.41) is 2.19. The Morgan fingerprint density at radius 1 is 0.923 bits per heavy atom. The molecule has 1 nitrogen and oxygen atoms in total. The highest BCUT2D eigenvalue weighted by Gasteiger charge is 2.16. The number of rotatable bonds is 12. The molecule has 208 valence electrons. The van der Waals surface area contributed by atoms with E-state index in [1.165, 1.54) is 76.8 Å². The molecule has 2 aromatic carbocycles. The highest BCUT2D eigenvalue weighted by Crippen LogP contribution is 2.37. The maximum atomic E-state index is 6.42. The number of thioether (sulfide) groups is 1. The van der Waals surface area contributed by atoms with E-state index in [2.05, 4.69) is 106 Å². The molecule has 2 N–H and O–H groups in total. The zero-order valence-electron chi connectivity index (χ0n) is 24.7. The highest BCUT2D eigenvalue weighted by molar-refractivity contribution is 8.02. The third-order valence-electron chi connectivity index (χ3n) is 7.47. The molecule has 1 aliphatic carbocycles. The van der Waals surface area contributed by atoms with Crippen LogP contribution in [0.4, 0.5) is 0 Å². The Morgan fingerprint density at radius 2 is 1.67 bits per heavy atom. The van der Waals surface area contributed by atoms with Crippen molar-refractivity contribution in [3.63, 3.8) is 0 Å². The van der Waals surface area contributed by atoms with Crippen LogP contribution in [0.2, 0.25) is 0 Å². The van der Waals surface area contributed by atoms with Crippen LogP contribution >= 0.6 is 11.8 Å². The van der Waals surface area contributed by atoms with Crippen molar-refractivity contribution in [3.8, 4) is 0 Å². The first kappa shape index (κ1) is 30.8. The van der Waals surface area contributed by atoms with E-state index < -0.39 is 0 Å². The van der Waals surface area contributed by atoms with Gasteiger partial charge in [0.25, 0.3) is 0 Å². The summed E-state index contributed by atoms with van der Waals surface area (Å²) in [5.74, 6) is 0.788. The first-order valence-corrected chi connectivity index (χ1v) is 16.0. The molecule has 0 bridgehead atoms. The molecule has 0 heterocycles. The topological polar surface area (TPSA) is 26.0 Å². The maximum absolute atomic E-state index is 6.42. The summed E-state index contributed by atoms with van der Waals surface area (Å²) >= 11 is 1.79. The third kappa shape index (κ3) is 10.1. The second-order valence-electron chi connectivity index (χ2n) is 10.8. The number of hydrogen-bond donors (Lipinski definition) is 1. The first-order chi connectivity index (χ1) is 19.0. The molecule has 0 spiro atoms. The number of benzene rings is 2. The van der Waals surface area contributed by atoms with Crippen molar-refractivity contribution in [1.82, 2.24) is 0 Å². The first-order valence-electron chi connectivity index (χ1n) is 15.1. The van der Waals surface area contributed by atoms with Crippen molar-refractivity contribution in [2.45, 2.75) is 96.8 Å². The smallest absolute Gasteiger partial charge is 0.0316 e. The van der Waals surface area contributed by atoms with E-state index in [4.69, 9.17) is 5.73 Å². The molecular weight excluding hydrogens is 490 g/mol. The lowest BCUT2D eigenvalue weighted by molar-refractivity contribution is 0.427. The molecule has 0 radical (unpaired) electrons. The summed E-state index contributed by atoms with van der Waals surface area (Å²) in [6.45, 7) is 9.00. The molecule has 1 aliphatic rings. The fourth-order valence-electron chi connectivity index (χ4n) is 5.44. The predicted molar refractivity (Wildman–Crippen MR) is 176 cm³/mol. The van der Waals surface area contributed by atoms with Gasteiger partial charge in [0.2, 0.25) is 0 Å². The van der Waals surface area contributed by atoms with Gasteiger partial charge in [-0.2, -0.15) is 0 Å². The summed E-state index contributed by atoms with van der Waals surface area (Å²) in [7, 11) is 0. The standard InChI is InChI=1S/C37H49NS/c1-5-8-15-30(14-7-3)28-31-18-20-33(21-19-31)37-29(4)27-34(38)16-12-10-11-13-17-36(37)32-22-24-35(25-23-32)39-26-9-6-2/h9-10,12,16,18-27,30H,5-8,11,13-15,17,28,38H2,1-4H3/b12-10+,26-9-,29-27+,34-16+,37-36-. The Kier molecular flexibility index (Phi) is 13.5. The van der Waals surface area contributed by atoms with Crippen LogP contribution in [0, 0.1) is 5.92 Å². The lowest BCUT2D eigenvalue weighted by Gasteiger charge is -2.19. The number of nitrogens with two attached hydrogens (primary N) is 1. The van der Waals surface area contributed by atoms with Crippen LogP contribution < -0.4 is 5.73 Å². The molecule has 1 unspecified atom stereocenters. The van der Waals surface area contributed by atoms with Gasteiger partial charge in [0.05, 0.1) is 0 Å². The molecule has 3 rings (SSSR count). The molecule has 0 saturated carbocycles. The number of hydrogen-bond acceptors (Lipinski definition) is 2. The molecule has 2 aromatic rings. The van der Waals surface area contributed by atoms with Crippen LogP contribution in [-0.4, -0.2) is 0 Å². The van der Waals surface area contributed by atoms with Crippen LogP contribution in [0.25, 0.3) is 11.1 Å². The zero-order chi connectivity index (χ0) is 27.9. The Balaban J connectivity index is 2.02. The van der Waals surface area contributed by atoms with E-state index in [0.717, 1.165) is 37.3 Å². The van der Waals surface area contributed by atoms with Gasteiger partial charge in [0.15, 0.2) is 0 Å². The minimum Gasteiger partial charge on any atom is -0.399 e. The van der Waals surface area contributed by atoms with Gasteiger partial charge in [-0.1, -0.05) is 119 Å². The van der Waals surface area contributed by atoms with Crippen molar-refractivity contribution in [3.05, 3.63) is 112 Å². The molecule has 0 fully saturated rings. The largest absolute Gasteiger partial charge is 0.399 e. The summed E-state index contributed by atoms with van der Waals surface area (Å²) < 4.78 is 0. The Labute approximate surface area is 243 Å². The molecule has 39 heavy (non-hydrogen) atoms. The SMILES string of the molecule is CC/C=C\Sc1ccc(/C2=C(c3ccc(CC(CCC)CCCC)cc3)/C(C)=C/C(N)=C\C=C\CCC2)cc1. The van der Waals surface area contributed by atoms with Crippen molar-refractivity contribution in [2.24, 2.45) is 11.7 Å². The zero-order valence-corrected chi connectivity index (χ0v) is 25.5. The Bertz CT molecular complexity index is 1160. The molecule has 1 atom stereocenters. The lowest BCUT2D eigenvalue weighted by Crippen LogP contribution is -2.05. The van der Waals surface area contributed by atoms with Gasteiger partial charge in [0.1, 0.15) is 0 Å². The number of allylic oxidation sites excluding steroid dienone is 8. The van der Waals surface area contributed by atoms with Crippen LogP contribution in [0.1, 0.15) is 102 Å². The van der Waals surface area contributed by atoms with E-state index in [9.17, 15) is 0 Å². The Hall–Kier alpha value is -2.71. The third-order valence-corrected chi connectivity index (χ3v) is 8.34. The predicted octanol–water partition coefficient (Wildman–Crippen LogP) is 11.3. The monoisotopic (exact) mass is 539 g/mol. The molecule has 0 amide bonds. The summed E-state index contributed by atoms with van der Waals surface area (Å²) in [6.07, 6.45) is 22.7. The van der Waals surface area contributed by atoms with Crippen molar-refractivity contribution in [1.29, 1.82) is 0 Å². The number of unbranched alkanes of at least 4 members (excludes halogenated alkanes) is 1. The molecule has 0 saturated heterocycles. The second-order valence-corrected chi connectivity index (χ2v) is 11.8. The van der Waals surface area contributed by atoms with E-state index in [0.29, 0.717) is 0 Å². The highest BCUT2D eigenvalue weighted by atomic mass is 32.2. The van der Waals surface area contributed by atoms with Gasteiger partial charge in [-0.05, 0) is 108 Å². The Morgan fingerprint density at radius 3 is 2.36 bits per heavy atom. The minimum atomic E-state index is 0.788. The van der Waals surface area contributed by atoms with Gasteiger partial charge in [-0.3, -0.25) is 0 Å². The van der Waals surface area contributed by atoms with Gasteiger partial charge >= 0.3 is 0 Å². The average Bonchev–Trinajstić information content (AvgIpc) is 2.97. The molecule has 0 aliphatic heterocycles. The van der Waals surface area contributed by atoms with E-state index in [1.807, 2.05) is 6.08 Å². The van der Waals surface area contributed by atoms with Crippen molar-refractivity contribution in [2.75, 3.05) is 0 Å². The maximum Gasteiger partial charge on any atom is 0.0316 e. The normalized spacial score (nSPS) is 21.0. The van der Waals surface area contributed by atoms with E-state index in [1.54, 1.807) is 11.8 Å². The van der Waals surface area contributed by atoms with E-state index in [-0.39, 0.29) is 0 Å². The van der Waals surface area contributed by atoms with Gasteiger partial charge in [-0.15, -0.1) is 0 Å². The van der Waals surface area contributed by atoms with Crippen LogP contribution in [0.3, 0.4) is 0 Å². The quantitative estimate of drug-likeness (QED) is 0.271. The molecule has 0 aromatic heterocycles. The van der Waals surface area contributed by atoms with Crippen molar-refractivity contribution >= 4 is 22.9 Å². The van der Waals surface area contributed by atoms with Crippen molar-refractivity contribution < 1.29 is 0 Å². The lowest BCUT2D eigenvalue weighted by atomic mass is 9.85. The summed E-state index contributed by atoms with van der Waals surface area (Å²) in [5.41, 5.74) is 15.2. The minimum absolute atomic E-state index is 0.788. The van der Waals surface area contributed by atoms with Crippen LogP contribution in [-0.2, 0) is 6.42 Å². The average molecular weight is 540 g/mol. The van der Waals surface area contributed by atoms with Gasteiger partial charge in [0, 0.05) is 10.6 Å². The molecular formula is C37H49NS. The molecule has 2 heteroatoms. The van der Waals surface area contributed by atoms with Gasteiger partial charge < -0.3 is 5.73 Å². The van der Waals surface area contributed by atoms with Crippen LogP contribution in [0.15, 0.2) is 100 Å². The second kappa shape index (κ2) is 17.1. The fraction of sp³-hybridized carbons (Fsp3) is 0.405. The fourth-order valence-corrected chi connectivity index (χ4v) is 6.18.